The quantitative estimate of drug-likeness (QED) is 0.350. The smallest absolute Gasteiger partial charge is 0.417 e. The van der Waals surface area contributed by atoms with Crippen LogP contribution in [0.25, 0.3) is 10.9 Å². The Hall–Kier alpha value is -3.52. The Kier molecular flexibility index (Phi) is 6.05. The van der Waals surface area contributed by atoms with Gasteiger partial charge in [-0.25, -0.2) is 9.97 Å². The molecule has 0 atom stereocenters. The van der Waals surface area contributed by atoms with E-state index in [4.69, 9.17) is 21.1 Å². The largest absolute Gasteiger partial charge is 0.493 e. The highest BCUT2D eigenvalue weighted by Crippen LogP contribution is 2.38. The van der Waals surface area contributed by atoms with E-state index in [1.54, 1.807) is 12.1 Å². The van der Waals surface area contributed by atoms with E-state index in [2.05, 4.69) is 15.3 Å². The molecule has 1 heterocycles. The number of methoxy groups -OCH3 is 1. The number of ether oxygens (including phenoxy) is 2. The van der Waals surface area contributed by atoms with Crippen LogP contribution in [0.1, 0.15) is 11.1 Å². The van der Waals surface area contributed by atoms with Crippen molar-refractivity contribution in [3.8, 4) is 11.5 Å². The summed E-state index contributed by atoms with van der Waals surface area (Å²) >= 11 is 5.83. The zero-order valence-corrected chi connectivity index (χ0v) is 17.5. The molecule has 164 valence electrons. The van der Waals surface area contributed by atoms with Crippen LogP contribution in [0.15, 0.2) is 67.0 Å². The Morgan fingerprint density at radius 2 is 1.75 bits per heavy atom. The molecule has 0 saturated carbocycles. The van der Waals surface area contributed by atoms with Gasteiger partial charge in [0, 0.05) is 17.1 Å². The molecule has 0 radical (unpaired) electrons. The molecule has 4 aromatic rings. The lowest BCUT2D eigenvalue weighted by Gasteiger charge is -2.15. The van der Waals surface area contributed by atoms with Gasteiger partial charge in [0.2, 0.25) is 0 Å². The second-order valence-corrected chi connectivity index (χ2v) is 7.24. The number of halogens is 4. The first kappa shape index (κ1) is 21.7. The summed E-state index contributed by atoms with van der Waals surface area (Å²) in [4.78, 5) is 8.49. The molecule has 0 saturated heterocycles. The summed E-state index contributed by atoms with van der Waals surface area (Å²) in [5, 5.41) is 3.20. The summed E-state index contributed by atoms with van der Waals surface area (Å²) in [6.07, 6.45) is -3.18. The number of hydrogen-bond acceptors (Lipinski definition) is 5. The molecular weight excluding hydrogens is 443 g/mol. The predicted octanol–water partition coefficient (Wildman–Crippen LogP) is 6.63. The molecule has 0 aliphatic rings. The van der Waals surface area contributed by atoms with Crippen molar-refractivity contribution >= 4 is 34.0 Å². The number of rotatable bonds is 6. The molecule has 0 bridgehead atoms. The Morgan fingerprint density at radius 1 is 0.969 bits per heavy atom. The Balaban J connectivity index is 1.67. The van der Waals surface area contributed by atoms with Gasteiger partial charge in [-0.1, -0.05) is 41.9 Å². The van der Waals surface area contributed by atoms with Crippen molar-refractivity contribution in [2.45, 2.75) is 12.8 Å². The minimum absolute atomic E-state index is 0.327. The highest BCUT2D eigenvalue weighted by atomic mass is 35.5. The molecule has 1 N–H and O–H groups in total. The van der Waals surface area contributed by atoms with Crippen LogP contribution in [-0.2, 0) is 12.8 Å². The van der Waals surface area contributed by atoms with E-state index in [9.17, 15) is 13.2 Å². The minimum atomic E-state index is -4.53. The maximum Gasteiger partial charge on any atom is 0.417 e. The van der Waals surface area contributed by atoms with Crippen LogP contribution in [0.5, 0.6) is 11.5 Å². The average Bonchev–Trinajstić information content (AvgIpc) is 2.77. The van der Waals surface area contributed by atoms with Crippen molar-refractivity contribution in [2.24, 2.45) is 0 Å². The monoisotopic (exact) mass is 459 g/mol. The molecule has 3 aromatic carbocycles. The van der Waals surface area contributed by atoms with E-state index in [1.165, 1.54) is 25.6 Å². The lowest BCUT2D eigenvalue weighted by molar-refractivity contribution is -0.137. The van der Waals surface area contributed by atoms with Gasteiger partial charge in [0.1, 0.15) is 18.8 Å². The third-order valence-electron chi connectivity index (χ3n) is 4.70. The second kappa shape index (κ2) is 8.92. The molecule has 0 aliphatic carbocycles. The maximum absolute atomic E-state index is 13.0. The van der Waals surface area contributed by atoms with Crippen LogP contribution < -0.4 is 14.8 Å². The van der Waals surface area contributed by atoms with Crippen LogP contribution in [0.4, 0.5) is 24.7 Å². The number of aromatic nitrogens is 2. The lowest BCUT2D eigenvalue weighted by Crippen LogP contribution is -2.06. The summed E-state index contributed by atoms with van der Waals surface area (Å²) in [5.41, 5.74) is 1.00. The van der Waals surface area contributed by atoms with Crippen LogP contribution in [0.3, 0.4) is 0 Å². The normalized spacial score (nSPS) is 11.4. The standard InChI is InChI=1S/C23H17ClF3N3O2/c1-31-20-11-19-16(10-21(20)32-12-14-5-3-2-4-6-14)22(29-13-28-19)30-15-7-8-17(18(24)9-15)23(25,26)27/h2-11,13H,12H2,1H3,(H,28,29,30). The van der Waals surface area contributed by atoms with Crippen LogP contribution in [0, 0.1) is 0 Å². The second-order valence-electron chi connectivity index (χ2n) is 6.83. The molecule has 9 heteroatoms. The van der Waals surface area contributed by atoms with Gasteiger partial charge in [-0.05, 0) is 29.8 Å². The number of nitrogens with zero attached hydrogens (tertiary/aromatic N) is 2. The molecular formula is C23H17ClF3N3O2. The predicted molar refractivity (Wildman–Crippen MR) is 117 cm³/mol. The van der Waals surface area contributed by atoms with Crippen molar-refractivity contribution in [3.05, 3.63) is 83.1 Å². The molecule has 0 aliphatic heterocycles. The molecule has 4 rings (SSSR count). The maximum atomic E-state index is 13.0. The first-order chi connectivity index (χ1) is 15.3. The van der Waals surface area contributed by atoms with E-state index in [-0.39, 0.29) is 0 Å². The number of hydrogen-bond donors (Lipinski definition) is 1. The fraction of sp³-hybridized carbons (Fsp3) is 0.130. The fourth-order valence-corrected chi connectivity index (χ4v) is 3.42. The Morgan fingerprint density at radius 3 is 2.44 bits per heavy atom. The van der Waals surface area contributed by atoms with Crippen LogP contribution in [0.2, 0.25) is 5.02 Å². The molecule has 5 nitrogen and oxygen atoms in total. The van der Waals surface area contributed by atoms with Gasteiger partial charge in [-0.15, -0.1) is 0 Å². The van der Waals surface area contributed by atoms with Crippen molar-refractivity contribution < 1.29 is 22.6 Å². The average molecular weight is 460 g/mol. The van der Waals surface area contributed by atoms with Gasteiger partial charge < -0.3 is 14.8 Å². The molecule has 32 heavy (non-hydrogen) atoms. The third-order valence-corrected chi connectivity index (χ3v) is 5.01. The van der Waals surface area contributed by atoms with Gasteiger partial charge in [0.15, 0.2) is 11.5 Å². The minimum Gasteiger partial charge on any atom is -0.493 e. The lowest BCUT2D eigenvalue weighted by atomic mass is 10.1. The third kappa shape index (κ3) is 4.70. The van der Waals surface area contributed by atoms with Crippen molar-refractivity contribution in [3.63, 3.8) is 0 Å². The number of anilines is 2. The SMILES string of the molecule is COc1cc2ncnc(Nc3ccc(C(F)(F)F)c(Cl)c3)c2cc1OCc1ccccc1. The summed E-state index contributed by atoms with van der Waals surface area (Å²) in [7, 11) is 1.53. The Labute approximate surface area is 186 Å². The number of alkyl halides is 3. The number of benzene rings is 3. The summed E-state index contributed by atoms with van der Waals surface area (Å²) < 4.78 is 50.3. The highest BCUT2D eigenvalue weighted by molar-refractivity contribution is 6.31. The molecule has 0 fully saturated rings. The molecule has 0 unspecified atom stereocenters. The van der Waals surface area contributed by atoms with E-state index < -0.39 is 16.8 Å². The fourth-order valence-electron chi connectivity index (χ4n) is 3.13. The van der Waals surface area contributed by atoms with Crippen LogP contribution in [-0.4, -0.2) is 17.1 Å². The first-order valence-corrected chi connectivity index (χ1v) is 9.86. The van der Waals surface area contributed by atoms with Crippen molar-refractivity contribution in [1.29, 1.82) is 0 Å². The van der Waals surface area contributed by atoms with Gasteiger partial charge in [0.05, 0.1) is 23.2 Å². The highest BCUT2D eigenvalue weighted by Gasteiger charge is 2.33. The number of fused-ring (bicyclic) bond motifs is 1. The summed E-state index contributed by atoms with van der Waals surface area (Å²) in [5.74, 6) is 1.36. The first-order valence-electron chi connectivity index (χ1n) is 9.48. The topological polar surface area (TPSA) is 56.3 Å². The summed E-state index contributed by atoms with van der Waals surface area (Å²) in [6, 6.07) is 16.5. The number of nitrogens with one attached hydrogen (secondary N) is 1. The molecule has 1 aromatic heterocycles. The van der Waals surface area contributed by atoms with Crippen molar-refractivity contribution in [2.75, 3.05) is 12.4 Å². The Bertz CT molecular complexity index is 1250. The van der Waals surface area contributed by atoms with E-state index >= 15 is 0 Å². The van der Waals surface area contributed by atoms with E-state index in [1.807, 2.05) is 30.3 Å². The molecule has 0 spiro atoms. The van der Waals surface area contributed by atoms with Gasteiger partial charge >= 0.3 is 6.18 Å². The summed E-state index contributed by atoms with van der Waals surface area (Å²) in [6.45, 7) is 0.327. The van der Waals surface area contributed by atoms with E-state index in [0.717, 1.165) is 11.6 Å². The zero-order chi connectivity index (χ0) is 22.7. The van der Waals surface area contributed by atoms with Gasteiger partial charge in [-0.2, -0.15) is 13.2 Å². The van der Waals surface area contributed by atoms with Gasteiger partial charge in [0.25, 0.3) is 0 Å². The van der Waals surface area contributed by atoms with Crippen molar-refractivity contribution in [1.82, 2.24) is 9.97 Å². The van der Waals surface area contributed by atoms with Crippen LogP contribution >= 0.6 is 11.6 Å². The zero-order valence-electron chi connectivity index (χ0n) is 16.8. The van der Waals surface area contributed by atoms with E-state index in [0.29, 0.717) is 40.5 Å². The van der Waals surface area contributed by atoms with Gasteiger partial charge in [-0.3, -0.25) is 0 Å². The molecule has 0 amide bonds.